The SMILES string of the molecule is CN(C)C1(C)[C]=CC=CN1. The van der Waals surface area contributed by atoms with Gasteiger partial charge in [-0.25, -0.2) is 0 Å². The Hall–Kier alpha value is -0.760. The molecule has 1 radical (unpaired) electrons. The van der Waals surface area contributed by atoms with E-state index in [0.717, 1.165) is 0 Å². The highest BCUT2D eigenvalue weighted by Gasteiger charge is 2.22. The zero-order chi connectivity index (χ0) is 7.61. The van der Waals surface area contributed by atoms with Gasteiger partial charge in [0.25, 0.3) is 0 Å². The van der Waals surface area contributed by atoms with Gasteiger partial charge >= 0.3 is 0 Å². The van der Waals surface area contributed by atoms with E-state index in [0.29, 0.717) is 0 Å². The molecule has 1 N–H and O–H groups in total. The van der Waals surface area contributed by atoms with E-state index in [2.05, 4.69) is 23.2 Å². The van der Waals surface area contributed by atoms with Crippen molar-refractivity contribution in [3.8, 4) is 0 Å². The highest BCUT2D eigenvalue weighted by atomic mass is 15.3. The molecule has 0 saturated carbocycles. The number of hydrogen-bond acceptors (Lipinski definition) is 2. The Morgan fingerprint density at radius 1 is 1.50 bits per heavy atom. The summed E-state index contributed by atoms with van der Waals surface area (Å²) in [5, 5.41) is 3.20. The second-order valence-corrected chi connectivity index (χ2v) is 2.78. The molecule has 0 bridgehead atoms. The monoisotopic (exact) mass is 137 g/mol. The van der Waals surface area contributed by atoms with E-state index in [1.54, 1.807) is 0 Å². The van der Waals surface area contributed by atoms with Crippen molar-refractivity contribution in [2.24, 2.45) is 0 Å². The molecule has 10 heavy (non-hydrogen) atoms. The van der Waals surface area contributed by atoms with Crippen LogP contribution in [-0.4, -0.2) is 24.7 Å². The van der Waals surface area contributed by atoms with Gasteiger partial charge in [-0.1, -0.05) is 6.08 Å². The van der Waals surface area contributed by atoms with Gasteiger partial charge in [0.15, 0.2) is 0 Å². The molecule has 1 rings (SSSR count). The normalized spacial score (nSPS) is 30.8. The van der Waals surface area contributed by atoms with Crippen LogP contribution in [0, 0.1) is 6.08 Å². The summed E-state index contributed by atoms with van der Waals surface area (Å²) in [6, 6.07) is 0. The van der Waals surface area contributed by atoms with Crippen LogP contribution in [0.2, 0.25) is 0 Å². The van der Waals surface area contributed by atoms with Crippen LogP contribution in [0.5, 0.6) is 0 Å². The van der Waals surface area contributed by atoms with Gasteiger partial charge in [-0.05, 0) is 39.4 Å². The number of rotatable bonds is 1. The van der Waals surface area contributed by atoms with E-state index >= 15 is 0 Å². The van der Waals surface area contributed by atoms with Crippen LogP contribution in [0.25, 0.3) is 0 Å². The predicted molar refractivity (Wildman–Crippen MR) is 42.2 cm³/mol. The average Bonchev–Trinajstić information content (AvgIpc) is 1.89. The van der Waals surface area contributed by atoms with E-state index in [4.69, 9.17) is 0 Å². The molecule has 2 nitrogen and oxygen atoms in total. The average molecular weight is 137 g/mol. The molecule has 0 saturated heterocycles. The summed E-state index contributed by atoms with van der Waals surface area (Å²) < 4.78 is 0. The van der Waals surface area contributed by atoms with Gasteiger partial charge < -0.3 is 5.32 Å². The zero-order valence-electron chi connectivity index (χ0n) is 6.68. The van der Waals surface area contributed by atoms with Crippen LogP contribution in [0.1, 0.15) is 6.92 Å². The minimum atomic E-state index is -0.130. The van der Waals surface area contributed by atoms with Crippen LogP contribution < -0.4 is 5.32 Å². The molecule has 55 valence electrons. The highest BCUT2D eigenvalue weighted by Crippen LogP contribution is 2.10. The van der Waals surface area contributed by atoms with Crippen molar-refractivity contribution in [2.75, 3.05) is 14.1 Å². The minimum absolute atomic E-state index is 0.130. The lowest BCUT2D eigenvalue weighted by molar-refractivity contribution is 0.192. The van der Waals surface area contributed by atoms with Gasteiger partial charge in [-0.15, -0.1) is 0 Å². The third kappa shape index (κ3) is 1.21. The van der Waals surface area contributed by atoms with Crippen LogP contribution in [0.4, 0.5) is 0 Å². The van der Waals surface area contributed by atoms with E-state index in [1.807, 2.05) is 32.4 Å². The Labute approximate surface area is 62.2 Å². The van der Waals surface area contributed by atoms with Crippen molar-refractivity contribution < 1.29 is 0 Å². The molecule has 1 atom stereocenters. The molecular formula is C8H13N2. The molecule has 0 fully saturated rings. The molecule has 0 amide bonds. The van der Waals surface area contributed by atoms with Crippen LogP contribution in [0.3, 0.4) is 0 Å². The summed E-state index contributed by atoms with van der Waals surface area (Å²) in [5.74, 6) is 0. The molecule has 1 aliphatic heterocycles. The molecule has 1 unspecified atom stereocenters. The lowest BCUT2D eigenvalue weighted by Crippen LogP contribution is -2.50. The summed E-state index contributed by atoms with van der Waals surface area (Å²) in [4.78, 5) is 2.08. The van der Waals surface area contributed by atoms with Crippen molar-refractivity contribution in [2.45, 2.75) is 12.6 Å². The number of allylic oxidation sites excluding steroid dienone is 2. The highest BCUT2D eigenvalue weighted by molar-refractivity contribution is 5.12. The number of nitrogens with one attached hydrogen (secondary N) is 1. The van der Waals surface area contributed by atoms with Crippen molar-refractivity contribution in [1.29, 1.82) is 0 Å². The maximum atomic E-state index is 3.20. The molecule has 0 aromatic heterocycles. The fourth-order valence-corrected chi connectivity index (χ4v) is 0.769. The van der Waals surface area contributed by atoms with Crippen LogP contribution in [-0.2, 0) is 0 Å². The van der Waals surface area contributed by atoms with E-state index in [1.165, 1.54) is 0 Å². The molecule has 2 heteroatoms. The summed E-state index contributed by atoms with van der Waals surface area (Å²) in [5.41, 5.74) is -0.130. The molecule has 1 aliphatic rings. The smallest absolute Gasteiger partial charge is 0.114 e. The Bertz CT molecular complexity index is 170. The number of hydrogen-bond donors (Lipinski definition) is 1. The maximum absolute atomic E-state index is 3.20. The van der Waals surface area contributed by atoms with Gasteiger partial charge in [0.05, 0.1) is 0 Å². The lowest BCUT2D eigenvalue weighted by Gasteiger charge is -2.34. The molecule has 0 aliphatic carbocycles. The third-order valence-electron chi connectivity index (χ3n) is 1.82. The van der Waals surface area contributed by atoms with E-state index < -0.39 is 0 Å². The van der Waals surface area contributed by atoms with Gasteiger partial charge in [0, 0.05) is 0 Å². The minimum Gasteiger partial charge on any atom is -0.370 e. The Balaban J connectivity index is 2.70. The first-order chi connectivity index (χ1) is 4.65. The van der Waals surface area contributed by atoms with Gasteiger partial charge in [-0.2, -0.15) is 0 Å². The zero-order valence-corrected chi connectivity index (χ0v) is 6.68. The fourth-order valence-electron chi connectivity index (χ4n) is 0.769. The Morgan fingerprint density at radius 2 is 2.20 bits per heavy atom. The molecule has 0 aromatic carbocycles. The maximum Gasteiger partial charge on any atom is 0.114 e. The van der Waals surface area contributed by atoms with Crippen molar-refractivity contribution in [1.82, 2.24) is 10.2 Å². The fraction of sp³-hybridized carbons (Fsp3) is 0.500. The Morgan fingerprint density at radius 3 is 2.50 bits per heavy atom. The largest absolute Gasteiger partial charge is 0.370 e. The van der Waals surface area contributed by atoms with E-state index in [-0.39, 0.29) is 5.66 Å². The first-order valence-corrected chi connectivity index (χ1v) is 3.36. The standard InChI is InChI=1S/C8H13N2/c1-8(10(2)3)6-4-5-7-9-8/h4-5,7,9H,1-3H3. The van der Waals surface area contributed by atoms with E-state index in [9.17, 15) is 0 Å². The second kappa shape index (κ2) is 2.46. The van der Waals surface area contributed by atoms with Gasteiger partial charge in [-0.3, -0.25) is 4.90 Å². The molecule has 0 aromatic rings. The Kier molecular flexibility index (Phi) is 1.81. The first kappa shape index (κ1) is 7.35. The van der Waals surface area contributed by atoms with Gasteiger partial charge in [0.2, 0.25) is 0 Å². The second-order valence-electron chi connectivity index (χ2n) is 2.78. The summed E-state index contributed by atoms with van der Waals surface area (Å²) >= 11 is 0. The third-order valence-corrected chi connectivity index (χ3v) is 1.82. The van der Waals surface area contributed by atoms with Crippen molar-refractivity contribution in [3.63, 3.8) is 0 Å². The number of dihydropyridines is 1. The number of likely N-dealkylation sites (N-methyl/N-ethyl adjacent to an activating group) is 1. The molecule has 1 heterocycles. The van der Waals surface area contributed by atoms with Gasteiger partial charge in [0.1, 0.15) is 5.66 Å². The van der Waals surface area contributed by atoms with Crippen molar-refractivity contribution >= 4 is 0 Å². The summed E-state index contributed by atoms with van der Waals surface area (Å²) in [7, 11) is 4.04. The topological polar surface area (TPSA) is 15.3 Å². The van der Waals surface area contributed by atoms with Crippen molar-refractivity contribution in [3.05, 3.63) is 24.4 Å². The molecular weight excluding hydrogens is 124 g/mol. The predicted octanol–water partition coefficient (Wildman–Crippen LogP) is 0.740. The molecule has 0 spiro atoms. The summed E-state index contributed by atoms with van der Waals surface area (Å²) in [6.07, 6.45) is 8.99. The van der Waals surface area contributed by atoms with Crippen LogP contribution >= 0.6 is 0 Å². The van der Waals surface area contributed by atoms with Crippen LogP contribution in [0.15, 0.2) is 18.4 Å². The quantitative estimate of drug-likeness (QED) is 0.573. The summed E-state index contributed by atoms with van der Waals surface area (Å²) in [6.45, 7) is 2.08. The first-order valence-electron chi connectivity index (χ1n) is 3.36. The lowest BCUT2D eigenvalue weighted by atomic mass is 10.1. The number of nitrogens with zero attached hydrogens (tertiary/aromatic N) is 1.